The van der Waals surface area contributed by atoms with Crippen LogP contribution in [0.5, 0.6) is 0 Å². The molecular weight excluding hydrogens is 458 g/mol. The van der Waals surface area contributed by atoms with Crippen LogP contribution in [-0.2, 0) is 0 Å². The number of nitrogens with zero attached hydrogens (tertiary/aromatic N) is 1. The van der Waals surface area contributed by atoms with Crippen LogP contribution in [0, 0.1) is 0 Å². The highest BCUT2D eigenvalue weighted by Crippen LogP contribution is 2.33. The number of anilines is 2. The second kappa shape index (κ2) is 10.6. The van der Waals surface area contributed by atoms with E-state index in [0.29, 0.717) is 0 Å². The van der Waals surface area contributed by atoms with Crippen molar-refractivity contribution in [3.8, 4) is 44.5 Å². The maximum atomic E-state index is 2.27. The number of hydrogen-bond donors (Lipinski definition) is 0. The summed E-state index contributed by atoms with van der Waals surface area (Å²) in [7, 11) is 2.14. The molecule has 0 bridgehead atoms. The molecular formula is C37H29N. The van der Waals surface area contributed by atoms with Crippen molar-refractivity contribution < 1.29 is 0 Å². The van der Waals surface area contributed by atoms with Crippen LogP contribution in [0.15, 0.2) is 158 Å². The third-order valence-electron chi connectivity index (χ3n) is 7.07. The van der Waals surface area contributed by atoms with Crippen LogP contribution < -0.4 is 4.90 Å². The monoisotopic (exact) mass is 487 g/mol. The summed E-state index contributed by atoms with van der Waals surface area (Å²) < 4.78 is 0. The minimum absolute atomic E-state index is 1.16. The molecule has 182 valence electrons. The second-order valence-corrected chi connectivity index (χ2v) is 9.55. The summed E-state index contributed by atoms with van der Waals surface area (Å²) in [4.78, 5) is 2.26. The minimum Gasteiger partial charge on any atom is -0.345 e. The van der Waals surface area contributed by atoms with Crippen molar-refractivity contribution in [2.45, 2.75) is 0 Å². The Bertz CT molecular complexity index is 1540. The van der Waals surface area contributed by atoms with Gasteiger partial charge in [-0.2, -0.15) is 0 Å². The molecule has 0 aliphatic rings. The molecule has 0 fully saturated rings. The first-order valence-electron chi connectivity index (χ1n) is 13.0. The molecule has 0 amide bonds. The Balaban J connectivity index is 1.29. The van der Waals surface area contributed by atoms with Gasteiger partial charge in [0.2, 0.25) is 0 Å². The Hall–Kier alpha value is -4.88. The highest BCUT2D eigenvalue weighted by atomic mass is 15.1. The van der Waals surface area contributed by atoms with Crippen molar-refractivity contribution in [3.63, 3.8) is 0 Å². The molecule has 1 heteroatoms. The zero-order valence-corrected chi connectivity index (χ0v) is 21.5. The van der Waals surface area contributed by atoms with E-state index in [-0.39, 0.29) is 0 Å². The van der Waals surface area contributed by atoms with Crippen LogP contribution in [0.3, 0.4) is 0 Å². The van der Waals surface area contributed by atoms with Gasteiger partial charge in [0.25, 0.3) is 0 Å². The fourth-order valence-corrected chi connectivity index (χ4v) is 4.96. The maximum Gasteiger partial charge on any atom is 0.0414 e. The predicted octanol–water partition coefficient (Wildman–Crippen LogP) is 10.1. The third kappa shape index (κ3) is 5.00. The summed E-state index contributed by atoms with van der Waals surface area (Å²) in [5, 5.41) is 0. The van der Waals surface area contributed by atoms with Gasteiger partial charge in [-0.05, 0) is 80.9 Å². The first-order valence-corrected chi connectivity index (χ1v) is 13.0. The van der Waals surface area contributed by atoms with Crippen LogP contribution >= 0.6 is 0 Å². The molecule has 6 aromatic rings. The number of hydrogen-bond acceptors (Lipinski definition) is 1. The quantitative estimate of drug-likeness (QED) is 0.226. The average molecular weight is 488 g/mol. The molecule has 0 radical (unpaired) electrons. The summed E-state index contributed by atoms with van der Waals surface area (Å²) >= 11 is 0. The molecule has 0 aliphatic carbocycles. The van der Waals surface area contributed by atoms with E-state index in [1.54, 1.807) is 0 Å². The maximum absolute atomic E-state index is 2.27. The van der Waals surface area contributed by atoms with Crippen molar-refractivity contribution in [2.75, 3.05) is 11.9 Å². The van der Waals surface area contributed by atoms with Crippen molar-refractivity contribution in [2.24, 2.45) is 0 Å². The first kappa shape index (κ1) is 23.5. The van der Waals surface area contributed by atoms with E-state index in [1.165, 1.54) is 44.5 Å². The Kier molecular flexibility index (Phi) is 6.57. The highest BCUT2D eigenvalue weighted by Gasteiger charge is 2.09. The predicted molar refractivity (Wildman–Crippen MR) is 163 cm³/mol. The average Bonchev–Trinajstić information content (AvgIpc) is 3.02. The molecule has 1 nitrogen and oxygen atoms in total. The molecule has 38 heavy (non-hydrogen) atoms. The summed E-state index contributed by atoms with van der Waals surface area (Å²) in [5.41, 5.74) is 12.1. The molecule has 6 aromatic carbocycles. The van der Waals surface area contributed by atoms with E-state index < -0.39 is 0 Å². The summed E-state index contributed by atoms with van der Waals surface area (Å²) in [6.07, 6.45) is 0. The Labute approximate surface area is 225 Å². The van der Waals surface area contributed by atoms with Crippen molar-refractivity contribution in [1.29, 1.82) is 0 Å². The van der Waals surface area contributed by atoms with Gasteiger partial charge in [-0.25, -0.2) is 0 Å². The smallest absolute Gasteiger partial charge is 0.0414 e. The van der Waals surface area contributed by atoms with E-state index in [1.807, 2.05) is 0 Å². The van der Waals surface area contributed by atoms with Crippen LogP contribution in [0.25, 0.3) is 44.5 Å². The number of rotatable bonds is 6. The molecule has 6 rings (SSSR count). The molecule has 0 saturated carbocycles. The van der Waals surface area contributed by atoms with Gasteiger partial charge in [0, 0.05) is 18.4 Å². The highest BCUT2D eigenvalue weighted by molar-refractivity contribution is 5.79. The fourth-order valence-electron chi connectivity index (χ4n) is 4.96. The van der Waals surface area contributed by atoms with Gasteiger partial charge < -0.3 is 4.90 Å². The van der Waals surface area contributed by atoms with Crippen molar-refractivity contribution in [3.05, 3.63) is 158 Å². The molecule has 0 heterocycles. The number of benzene rings is 6. The fraction of sp³-hybridized carbons (Fsp3) is 0.0270. The van der Waals surface area contributed by atoms with Gasteiger partial charge >= 0.3 is 0 Å². The SMILES string of the molecule is CN(c1cccc(-c2cccc(-c3ccccc3)c2)c1)c1cccc(-c2cccc(-c3ccccc3)c2)c1. The van der Waals surface area contributed by atoms with Crippen LogP contribution in [-0.4, -0.2) is 7.05 Å². The topological polar surface area (TPSA) is 3.24 Å². The summed E-state index contributed by atoms with van der Waals surface area (Å²) in [5.74, 6) is 0. The molecule has 0 spiro atoms. The summed E-state index contributed by atoms with van der Waals surface area (Å²) in [6.45, 7) is 0. The van der Waals surface area contributed by atoms with Gasteiger partial charge in [-0.3, -0.25) is 0 Å². The van der Waals surface area contributed by atoms with Gasteiger partial charge in [0.1, 0.15) is 0 Å². The first-order chi connectivity index (χ1) is 18.7. The molecule has 0 unspecified atom stereocenters. The third-order valence-corrected chi connectivity index (χ3v) is 7.07. The molecule has 0 N–H and O–H groups in total. The van der Waals surface area contributed by atoms with Crippen molar-refractivity contribution in [1.82, 2.24) is 0 Å². The normalized spacial score (nSPS) is 10.8. The van der Waals surface area contributed by atoms with Gasteiger partial charge in [0.15, 0.2) is 0 Å². The molecule has 0 saturated heterocycles. The van der Waals surface area contributed by atoms with Crippen LogP contribution in [0.4, 0.5) is 11.4 Å². The van der Waals surface area contributed by atoms with E-state index in [0.717, 1.165) is 11.4 Å². The Morgan fingerprint density at radius 3 is 0.974 bits per heavy atom. The molecule has 0 aromatic heterocycles. The van der Waals surface area contributed by atoms with Crippen molar-refractivity contribution >= 4 is 11.4 Å². The lowest BCUT2D eigenvalue weighted by Crippen LogP contribution is -2.09. The second-order valence-electron chi connectivity index (χ2n) is 9.55. The Morgan fingerprint density at radius 1 is 0.289 bits per heavy atom. The zero-order valence-electron chi connectivity index (χ0n) is 21.5. The van der Waals surface area contributed by atoms with Gasteiger partial charge in [-0.15, -0.1) is 0 Å². The minimum atomic E-state index is 1.16. The van der Waals surface area contributed by atoms with Gasteiger partial charge in [0.05, 0.1) is 0 Å². The lowest BCUT2D eigenvalue weighted by molar-refractivity contribution is 1.21. The lowest BCUT2D eigenvalue weighted by Gasteiger charge is -2.21. The lowest BCUT2D eigenvalue weighted by atomic mass is 9.98. The summed E-state index contributed by atoms with van der Waals surface area (Å²) in [6, 6.07) is 56.2. The standard InChI is InChI=1S/C37H29N/c1-38(36-22-10-20-34(26-36)32-18-8-16-30(24-32)28-12-4-2-5-13-28)37-23-11-21-35(27-37)33-19-9-17-31(25-33)29-14-6-3-7-15-29/h2-27H,1H3. The van der Waals surface area contributed by atoms with Gasteiger partial charge in [-0.1, -0.05) is 121 Å². The van der Waals surface area contributed by atoms with E-state index in [2.05, 4.69) is 170 Å². The van der Waals surface area contributed by atoms with Crippen LogP contribution in [0.1, 0.15) is 0 Å². The van der Waals surface area contributed by atoms with E-state index in [4.69, 9.17) is 0 Å². The van der Waals surface area contributed by atoms with Crippen LogP contribution in [0.2, 0.25) is 0 Å². The molecule has 0 aliphatic heterocycles. The Morgan fingerprint density at radius 2 is 0.579 bits per heavy atom. The van der Waals surface area contributed by atoms with E-state index >= 15 is 0 Å². The molecule has 0 atom stereocenters. The zero-order chi connectivity index (χ0) is 25.7. The van der Waals surface area contributed by atoms with E-state index in [9.17, 15) is 0 Å². The largest absolute Gasteiger partial charge is 0.345 e.